The van der Waals surface area contributed by atoms with E-state index < -0.39 is 0 Å². The van der Waals surface area contributed by atoms with E-state index >= 15 is 0 Å². The van der Waals surface area contributed by atoms with Crippen LogP contribution >= 0.6 is 11.8 Å². The minimum Gasteiger partial charge on any atom is -0.499 e. The van der Waals surface area contributed by atoms with E-state index in [-0.39, 0.29) is 17.3 Å². The van der Waals surface area contributed by atoms with E-state index in [9.17, 15) is 4.79 Å². The van der Waals surface area contributed by atoms with Crippen molar-refractivity contribution < 1.29 is 9.53 Å². The van der Waals surface area contributed by atoms with Gasteiger partial charge in [-0.05, 0) is 0 Å². The Morgan fingerprint density at radius 2 is 2.58 bits per heavy atom. The number of nitrogens with two attached hydrogens (primary N) is 1. The highest BCUT2D eigenvalue weighted by Crippen LogP contribution is 2.34. The predicted octanol–water partition coefficient (Wildman–Crippen LogP) is -0.283. The van der Waals surface area contributed by atoms with E-state index in [1.54, 1.807) is 30.0 Å². The Bertz CT molecular complexity index is 254. The van der Waals surface area contributed by atoms with Crippen molar-refractivity contribution in [2.45, 2.75) is 11.4 Å². The lowest BCUT2D eigenvalue weighted by Crippen LogP contribution is -2.66. The summed E-state index contributed by atoms with van der Waals surface area (Å²) in [5, 5.41) is 0.136. The number of β-lactam (4-membered cyclic amide) rings is 1. The molecule has 5 heteroatoms. The molecule has 0 aliphatic carbocycles. The Morgan fingerprint density at radius 3 is 3.25 bits per heavy atom. The Balaban J connectivity index is 2.15. The molecule has 2 aliphatic rings. The Labute approximate surface area is 74.7 Å². The number of nitrogens with zero attached hydrogens (tertiary/aromatic N) is 1. The van der Waals surface area contributed by atoms with Crippen molar-refractivity contribution in [1.29, 1.82) is 0 Å². The zero-order valence-corrected chi connectivity index (χ0v) is 7.50. The molecule has 2 atom stereocenters. The van der Waals surface area contributed by atoms with Gasteiger partial charge < -0.3 is 10.5 Å². The summed E-state index contributed by atoms with van der Waals surface area (Å²) in [6.45, 7) is 0. The molecule has 2 heterocycles. The number of hydrogen-bond donors (Lipinski definition) is 1. The van der Waals surface area contributed by atoms with Gasteiger partial charge in [-0.25, -0.2) is 0 Å². The van der Waals surface area contributed by atoms with E-state index in [0.717, 1.165) is 11.5 Å². The van der Waals surface area contributed by atoms with Gasteiger partial charge in [-0.1, -0.05) is 0 Å². The molecule has 12 heavy (non-hydrogen) atoms. The molecule has 1 amide bonds. The molecule has 2 rings (SSSR count). The summed E-state index contributed by atoms with van der Waals surface area (Å²) in [4.78, 5) is 12.8. The fourth-order valence-corrected chi connectivity index (χ4v) is 2.48. The number of fused-ring (bicyclic) bond motifs is 1. The Kier molecular flexibility index (Phi) is 1.77. The third kappa shape index (κ3) is 0.931. The Morgan fingerprint density at radius 1 is 1.83 bits per heavy atom. The molecule has 0 aromatic heterocycles. The molecule has 0 aromatic carbocycles. The highest BCUT2D eigenvalue weighted by atomic mass is 32.2. The maximum absolute atomic E-state index is 11.1. The number of amides is 1. The van der Waals surface area contributed by atoms with Gasteiger partial charge in [0.2, 0.25) is 5.91 Å². The topological polar surface area (TPSA) is 55.6 Å². The van der Waals surface area contributed by atoms with Gasteiger partial charge in [0.25, 0.3) is 0 Å². The maximum atomic E-state index is 11.1. The molecule has 2 aliphatic heterocycles. The first-order valence-electron chi connectivity index (χ1n) is 3.68. The summed E-state index contributed by atoms with van der Waals surface area (Å²) in [6, 6.07) is -0.315. The summed E-state index contributed by atoms with van der Waals surface area (Å²) in [5.74, 6) is 1.62. The smallest absolute Gasteiger partial charge is 0.247 e. The summed E-state index contributed by atoms with van der Waals surface area (Å²) < 4.78 is 5.03. The lowest BCUT2D eigenvalue weighted by Gasteiger charge is -2.45. The van der Waals surface area contributed by atoms with Crippen LogP contribution in [0.3, 0.4) is 0 Å². The molecule has 1 saturated heterocycles. The highest BCUT2D eigenvalue weighted by Gasteiger charge is 2.46. The molecule has 0 bridgehead atoms. The first-order valence-corrected chi connectivity index (χ1v) is 4.73. The molecule has 2 N–H and O–H groups in total. The zero-order valence-electron chi connectivity index (χ0n) is 6.69. The van der Waals surface area contributed by atoms with Crippen LogP contribution < -0.4 is 5.73 Å². The largest absolute Gasteiger partial charge is 0.499 e. The zero-order chi connectivity index (χ0) is 8.72. The number of methoxy groups -OCH3 is 1. The van der Waals surface area contributed by atoms with Crippen LogP contribution in [0.15, 0.2) is 12.0 Å². The normalized spacial score (nSPS) is 33.7. The molecule has 1 fully saturated rings. The summed E-state index contributed by atoms with van der Waals surface area (Å²) in [6.07, 6.45) is 1.74. The minimum absolute atomic E-state index is 0.0123. The van der Waals surface area contributed by atoms with Crippen molar-refractivity contribution in [3.63, 3.8) is 0 Å². The minimum atomic E-state index is -0.315. The number of ether oxygens (including phenoxy) is 1. The maximum Gasteiger partial charge on any atom is 0.247 e. The number of hydrogen-bond acceptors (Lipinski definition) is 4. The van der Waals surface area contributed by atoms with Crippen molar-refractivity contribution in [3.8, 4) is 0 Å². The SMILES string of the molecule is COC1=CN2C(=O)C(N)C2SC1. The molecule has 4 nitrogen and oxygen atoms in total. The van der Waals surface area contributed by atoms with Gasteiger partial charge in [-0.15, -0.1) is 11.8 Å². The van der Waals surface area contributed by atoms with Gasteiger partial charge in [-0.3, -0.25) is 9.69 Å². The monoisotopic (exact) mass is 186 g/mol. The number of rotatable bonds is 1. The average Bonchev–Trinajstić information content (AvgIpc) is 2.15. The van der Waals surface area contributed by atoms with E-state index in [1.165, 1.54) is 0 Å². The van der Waals surface area contributed by atoms with E-state index in [1.807, 2.05) is 0 Å². The third-order valence-corrected chi connectivity index (χ3v) is 3.38. The van der Waals surface area contributed by atoms with Crippen LogP contribution in [0.4, 0.5) is 0 Å². The Hall–Kier alpha value is -0.680. The summed E-state index contributed by atoms with van der Waals surface area (Å²) >= 11 is 1.64. The lowest BCUT2D eigenvalue weighted by atomic mass is 10.1. The van der Waals surface area contributed by atoms with Crippen molar-refractivity contribution in [3.05, 3.63) is 12.0 Å². The first kappa shape index (κ1) is 7.94. The van der Waals surface area contributed by atoms with Gasteiger partial charge in [0.05, 0.1) is 12.9 Å². The van der Waals surface area contributed by atoms with E-state index in [4.69, 9.17) is 10.5 Å². The second-order valence-corrected chi connectivity index (χ2v) is 3.88. The molecular formula is C7H10N2O2S. The highest BCUT2D eigenvalue weighted by molar-refractivity contribution is 8.00. The predicted molar refractivity (Wildman–Crippen MR) is 46.2 cm³/mol. The van der Waals surface area contributed by atoms with Crippen LogP contribution in [0.2, 0.25) is 0 Å². The fourth-order valence-electron chi connectivity index (χ4n) is 1.30. The number of carbonyl (C=O) groups excluding carboxylic acids is 1. The molecule has 0 saturated carbocycles. The fraction of sp³-hybridized carbons (Fsp3) is 0.571. The third-order valence-electron chi connectivity index (χ3n) is 2.06. The number of carbonyl (C=O) groups is 1. The van der Waals surface area contributed by atoms with E-state index in [0.29, 0.717) is 0 Å². The molecule has 66 valence electrons. The second kappa shape index (κ2) is 2.67. The van der Waals surface area contributed by atoms with Gasteiger partial charge in [0, 0.05) is 6.20 Å². The molecule has 0 radical (unpaired) electrons. The van der Waals surface area contributed by atoms with Crippen LogP contribution in [-0.4, -0.2) is 35.1 Å². The average molecular weight is 186 g/mol. The quantitative estimate of drug-likeness (QED) is 0.572. The van der Waals surface area contributed by atoms with Gasteiger partial charge >= 0.3 is 0 Å². The van der Waals surface area contributed by atoms with Crippen molar-refractivity contribution in [2.24, 2.45) is 5.73 Å². The van der Waals surface area contributed by atoms with Gasteiger partial charge in [0.1, 0.15) is 17.2 Å². The van der Waals surface area contributed by atoms with Gasteiger partial charge in [-0.2, -0.15) is 0 Å². The van der Waals surface area contributed by atoms with E-state index in [2.05, 4.69) is 0 Å². The van der Waals surface area contributed by atoms with Crippen molar-refractivity contribution in [2.75, 3.05) is 12.9 Å². The molecular weight excluding hydrogens is 176 g/mol. The number of thioether (sulfide) groups is 1. The van der Waals surface area contributed by atoms with Gasteiger partial charge in [0.15, 0.2) is 0 Å². The van der Waals surface area contributed by atoms with Crippen molar-refractivity contribution >= 4 is 17.7 Å². The van der Waals surface area contributed by atoms with Crippen LogP contribution in [0.25, 0.3) is 0 Å². The molecule has 0 spiro atoms. The van der Waals surface area contributed by atoms with Crippen LogP contribution in [0.1, 0.15) is 0 Å². The lowest BCUT2D eigenvalue weighted by molar-refractivity contribution is -0.140. The summed E-state index contributed by atoms with van der Waals surface area (Å²) in [7, 11) is 1.61. The van der Waals surface area contributed by atoms with Crippen molar-refractivity contribution in [1.82, 2.24) is 4.90 Å². The second-order valence-electron chi connectivity index (χ2n) is 2.77. The molecule has 0 aromatic rings. The van der Waals surface area contributed by atoms with Crippen LogP contribution in [-0.2, 0) is 9.53 Å². The molecule has 2 unspecified atom stereocenters. The van der Waals surface area contributed by atoms with Crippen LogP contribution in [0, 0.1) is 0 Å². The standard InChI is InChI=1S/C7H10N2O2S/c1-11-4-2-9-6(10)5(8)7(9)12-3-4/h2,5,7H,3,8H2,1H3. The van der Waals surface area contributed by atoms with Crippen LogP contribution in [0.5, 0.6) is 0 Å². The summed E-state index contributed by atoms with van der Waals surface area (Å²) in [5.41, 5.74) is 5.58. The first-order chi connectivity index (χ1) is 5.74.